The predicted octanol–water partition coefficient (Wildman–Crippen LogP) is 0.171. The molecule has 0 heterocycles. The van der Waals surface area contributed by atoms with E-state index in [1.807, 2.05) is 0 Å². The number of benzene rings is 1. The molecule has 0 aliphatic carbocycles. The van der Waals surface area contributed by atoms with Crippen molar-refractivity contribution in [2.24, 2.45) is 10.7 Å². The topological polar surface area (TPSA) is 88.7 Å². The highest BCUT2D eigenvalue weighted by molar-refractivity contribution is 5.93. The van der Waals surface area contributed by atoms with Gasteiger partial charge in [-0.15, -0.1) is 6.42 Å². The molecule has 1 aromatic rings. The second-order valence-electron chi connectivity index (χ2n) is 3.54. The number of nitrogens with one attached hydrogen (secondary N) is 2. The second kappa shape index (κ2) is 7.61. The van der Waals surface area contributed by atoms with Gasteiger partial charge in [0.15, 0.2) is 5.96 Å². The lowest BCUT2D eigenvalue weighted by Crippen LogP contribution is -2.29. The number of nitrogens with two attached hydrogens (primary N) is 1. The van der Waals surface area contributed by atoms with Crippen LogP contribution in [0.4, 0.5) is 5.69 Å². The average molecular weight is 260 g/mol. The lowest BCUT2D eigenvalue weighted by atomic mass is 10.3. The van der Waals surface area contributed by atoms with Crippen molar-refractivity contribution < 1.29 is 9.53 Å². The van der Waals surface area contributed by atoms with Crippen LogP contribution in [0.2, 0.25) is 0 Å². The molecule has 19 heavy (non-hydrogen) atoms. The molecule has 0 unspecified atom stereocenters. The van der Waals surface area contributed by atoms with Crippen LogP contribution in [-0.2, 0) is 4.79 Å². The van der Waals surface area contributed by atoms with Crippen LogP contribution in [0.1, 0.15) is 0 Å². The van der Waals surface area contributed by atoms with Crippen LogP contribution in [0.15, 0.2) is 29.3 Å². The van der Waals surface area contributed by atoms with Gasteiger partial charge < -0.3 is 21.1 Å². The van der Waals surface area contributed by atoms with Crippen LogP contribution in [0.5, 0.6) is 5.75 Å². The number of amides is 1. The number of anilines is 1. The third kappa shape index (κ3) is 5.46. The van der Waals surface area contributed by atoms with Crippen molar-refractivity contribution in [3.8, 4) is 18.1 Å². The van der Waals surface area contributed by atoms with Crippen LogP contribution in [0.25, 0.3) is 0 Å². The number of carbonyl (C=O) groups excluding carboxylic acids is 1. The molecule has 1 aromatic carbocycles. The summed E-state index contributed by atoms with van der Waals surface area (Å²) in [5.41, 5.74) is 6.40. The molecule has 100 valence electrons. The van der Waals surface area contributed by atoms with Crippen molar-refractivity contribution in [1.29, 1.82) is 0 Å². The van der Waals surface area contributed by atoms with Crippen molar-refractivity contribution in [3.05, 3.63) is 24.3 Å². The van der Waals surface area contributed by atoms with E-state index in [1.165, 1.54) is 0 Å². The largest absolute Gasteiger partial charge is 0.497 e. The number of nitrogens with zero attached hydrogens (tertiary/aromatic N) is 1. The molecule has 1 rings (SSSR count). The Balaban J connectivity index is 2.47. The molecule has 0 fully saturated rings. The van der Waals surface area contributed by atoms with E-state index in [0.29, 0.717) is 0 Å². The van der Waals surface area contributed by atoms with Crippen molar-refractivity contribution >= 4 is 17.6 Å². The molecular formula is C13H16N4O2. The maximum absolute atomic E-state index is 11.2. The van der Waals surface area contributed by atoms with E-state index in [2.05, 4.69) is 21.5 Å². The van der Waals surface area contributed by atoms with E-state index < -0.39 is 0 Å². The number of hydrogen-bond donors (Lipinski definition) is 3. The Morgan fingerprint density at radius 2 is 2.16 bits per heavy atom. The molecule has 0 aliphatic heterocycles. The fourth-order valence-corrected chi connectivity index (χ4v) is 1.22. The Kier molecular flexibility index (Phi) is 5.76. The number of ether oxygens (including phenoxy) is 1. The fourth-order valence-electron chi connectivity index (χ4n) is 1.22. The zero-order valence-electron chi connectivity index (χ0n) is 10.6. The first-order valence-corrected chi connectivity index (χ1v) is 5.57. The van der Waals surface area contributed by atoms with Gasteiger partial charge in [0.25, 0.3) is 0 Å². The number of terminal acetylenes is 1. The van der Waals surface area contributed by atoms with Gasteiger partial charge in [-0.2, -0.15) is 0 Å². The first kappa shape index (κ1) is 14.4. The highest BCUT2D eigenvalue weighted by Crippen LogP contribution is 2.14. The van der Waals surface area contributed by atoms with Gasteiger partial charge in [-0.1, -0.05) is 5.92 Å². The van der Waals surface area contributed by atoms with Crippen molar-refractivity contribution in [2.45, 2.75) is 0 Å². The summed E-state index contributed by atoms with van der Waals surface area (Å²) in [6.45, 7) is 0.108. The highest BCUT2D eigenvalue weighted by atomic mass is 16.5. The van der Waals surface area contributed by atoms with Gasteiger partial charge in [-0.05, 0) is 24.3 Å². The molecule has 0 saturated heterocycles. The van der Waals surface area contributed by atoms with Gasteiger partial charge in [-0.25, -0.2) is 4.99 Å². The molecule has 4 N–H and O–H groups in total. The molecule has 0 spiro atoms. The zero-order valence-corrected chi connectivity index (χ0v) is 10.6. The molecule has 0 aliphatic rings. The molecule has 0 aromatic heterocycles. The molecule has 0 saturated carbocycles. The zero-order chi connectivity index (χ0) is 14.1. The van der Waals surface area contributed by atoms with Gasteiger partial charge in [0.05, 0.1) is 13.7 Å². The average Bonchev–Trinajstić information content (AvgIpc) is 2.43. The summed E-state index contributed by atoms with van der Waals surface area (Å²) in [4.78, 5) is 15.1. The number of rotatable bonds is 5. The third-order valence-corrected chi connectivity index (χ3v) is 2.14. The second-order valence-corrected chi connectivity index (χ2v) is 3.54. The Hall–Kier alpha value is -2.68. The molecule has 6 heteroatoms. The summed E-state index contributed by atoms with van der Waals surface area (Å²) in [5.74, 6) is 2.92. The third-order valence-electron chi connectivity index (χ3n) is 2.14. The Morgan fingerprint density at radius 1 is 1.47 bits per heavy atom. The van der Waals surface area contributed by atoms with Gasteiger partial charge in [0.2, 0.25) is 5.91 Å². The number of methoxy groups -OCH3 is 1. The van der Waals surface area contributed by atoms with Crippen LogP contribution < -0.4 is 21.1 Å². The van der Waals surface area contributed by atoms with Gasteiger partial charge >= 0.3 is 0 Å². The highest BCUT2D eigenvalue weighted by Gasteiger charge is 1.99. The Morgan fingerprint density at radius 3 is 2.74 bits per heavy atom. The van der Waals surface area contributed by atoms with Crippen molar-refractivity contribution in [2.75, 3.05) is 25.5 Å². The molecule has 0 radical (unpaired) electrons. The van der Waals surface area contributed by atoms with Crippen LogP contribution in [0.3, 0.4) is 0 Å². The molecule has 0 bridgehead atoms. The van der Waals surface area contributed by atoms with Gasteiger partial charge in [0.1, 0.15) is 12.3 Å². The molecular weight excluding hydrogens is 244 g/mol. The first-order valence-electron chi connectivity index (χ1n) is 5.57. The number of hydrogen-bond acceptors (Lipinski definition) is 3. The maximum Gasteiger partial charge on any atom is 0.242 e. The quantitative estimate of drug-likeness (QED) is 0.400. The van der Waals surface area contributed by atoms with Crippen molar-refractivity contribution in [1.82, 2.24) is 5.32 Å². The van der Waals surface area contributed by atoms with E-state index >= 15 is 0 Å². The summed E-state index contributed by atoms with van der Waals surface area (Å²) in [5, 5.41) is 5.34. The minimum atomic E-state index is -0.280. The smallest absolute Gasteiger partial charge is 0.242 e. The van der Waals surface area contributed by atoms with Crippen LogP contribution in [-0.4, -0.2) is 32.1 Å². The normalized spacial score (nSPS) is 10.4. The van der Waals surface area contributed by atoms with Crippen LogP contribution >= 0.6 is 0 Å². The summed E-state index contributed by atoms with van der Waals surface area (Å²) in [6.07, 6.45) is 5.01. The minimum absolute atomic E-state index is 0.0727. The summed E-state index contributed by atoms with van der Waals surface area (Å²) >= 11 is 0. The predicted molar refractivity (Wildman–Crippen MR) is 74.9 cm³/mol. The standard InChI is InChI=1S/C13H16N4O2/c1-3-8-15-12(18)9-16-13(14)17-10-4-6-11(19-2)7-5-10/h1,4-7H,8-9H2,2H3,(H,15,18)(H3,14,16,17). The molecule has 1 amide bonds. The SMILES string of the molecule is C#CCNC(=O)CN=C(N)Nc1ccc(OC)cc1. The number of carbonyl (C=O) groups is 1. The monoisotopic (exact) mass is 260 g/mol. The number of guanidine groups is 1. The first-order chi connectivity index (χ1) is 9.15. The lowest BCUT2D eigenvalue weighted by molar-refractivity contribution is -0.119. The summed E-state index contributed by atoms with van der Waals surface area (Å²) in [7, 11) is 1.59. The van der Waals surface area contributed by atoms with E-state index in [-0.39, 0.29) is 25.0 Å². The Labute approximate surface area is 112 Å². The van der Waals surface area contributed by atoms with Crippen molar-refractivity contribution in [3.63, 3.8) is 0 Å². The van der Waals surface area contributed by atoms with E-state index in [9.17, 15) is 4.79 Å². The minimum Gasteiger partial charge on any atom is -0.497 e. The number of aliphatic imine (C=N–C) groups is 1. The Bertz CT molecular complexity index is 488. The molecule has 6 nitrogen and oxygen atoms in total. The fraction of sp³-hybridized carbons (Fsp3) is 0.231. The summed E-state index contributed by atoms with van der Waals surface area (Å²) < 4.78 is 5.03. The summed E-state index contributed by atoms with van der Waals surface area (Å²) in [6, 6.07) is 7.16. The maximum atomic E-state index is 11.2. The van der Waals surface area contributed by atoms with E-state index in [0.717, 1.165) is 11.4 Å². The molecule has 0 atom stereocenters. The van der Waals surface area contributed by atoms with Gasteiger partial charge in [-0.3, -0.25) is 4.79 Å². The van der Waals surface area contributed by atoms with E-state index in [1.54, 1.807) is 31.4 Å². The van der Waals surface area contributed by atoms with Gasteiger partial charge in [0, 0.05) is 5.69 Å². The lowest BCUT2D eigenvalue weighted by Gasteiger charge is -2.06. The van der Waals surface area contributed by atoms with Crippen LogP contribution in [0, 0.1) is 12.3 Å². The van der Waals surface area contributed by atoms with E-state index in [4.69, 9.17) is 16.9 Å².